The fourth-order valence-corrected chi connectivity index (χ4v) is 1.72. The second-order valence-electron chi connectivity index (χ2n) is 3.74. The molecule has 0 spiro atoms. The molecule has 2 rings (SSSR count). The molecule has 1 heterocycles. The average Bonchev–Trinajstić information content (AvgIpc) is 2.35. The maximum absolute atomic E-state index is 9.29. The van der Waals surface area contributed by atoms with Crippen molar-refractivity contribution in [3.63, 3.8) is 0 Å². The third kappa shape index (κ3) is 3.44. The van der Waals surface area contributed by atoms with E-state index in [-0.39, 0.29) is 5.75 Å². The van der Waals surface area contributed by atoms with Gasteiger partial charge < -0.3 is 10.4 Å². The number of halogens is 1. The van der Waals surface area contributed by atoms with Gasteiger partial charge in [0.1, 0.15) is 5.75 Å². The van der Waals surface area contributed by atoms with E-state index in [9.17, 15) is 5.11 Å². The molecule has 0 saturated carbocycles. The first-order valence-electron chi connectivity index (χ1n) is 5.33. The third-order valence-electron chi connectivity index (χ3n) is 2.42. The quantitative estimate of drug-likeness (QED) is 0.875. The Morgan fingerprint density at radius 1 is 1.06 bits per heavy atom. The molecule has 2 N–H and O–H groups in total. The Labute approximate surface area is 105 Å². The van der Waals surface area contributed by atoms with Crippen molar-refractivity contribution in [3.8, 4) is 5.75 Å². The summed E-state index contributed by atoms with van der Waals surface area (Å²) < 4.78 is 0. The SMILES string of the molecule is Oc1ccc(CNCc2ccncc2)cc1Cl. The van der Waals surface area contributed by atoms with Gasteiger partial charge in [-0.1, -0.05) is 17.7 Å². The molecule has 0 bridgehead atoms. The highest BCUT2D eigenvalue weighted by atomic mass is 35.5. The Morgan fingerprint density at radius 3 is 2.47 bits per heavy atom. The molecule has 0 saturated heterocycles. The van der Waals surface area contributed by atoms with E-state index in [2.05, 4.69) is 10.3 Å². The summed E-state index contributed by atoms with van der Waals surface area (Å²) in [4.78, 5) is 3.96. The highest BCUT2D eigenvalue weighted by Crippen LogP contribution is 2.23. The number of rotatable bonds is 4. The molecular formula is C13H13ClN2O. The standard InChI is InChI=1S/C13H13ClN2O/c14-12-7-11(1-2-13(12)17)9-16-8-10-3-5-15-6-4-10/h1-7,16-17H,8-9H2. The lowest BCUT2D eigenvalue weighted by Crippen LogP contribution is -2.12. The fraction of sp³-hybridized carbons (Fsp3) is 0.154. The smallest absolute Gasteiger partial charge is 0.134 e. The number of benzene rings is 1. The maximum atomic E-state index is 9.29. The predicted octanol–water partition coefficient (Wildman–Crippen LogP) is 2.73. The van der Waals surface area contributed by atoms with Crippen LogP contribution in [0.15, 0.2) is 42.7 Å². The monoisotopic (exact) mass is 248 g/mol. The Bertz CT molecular complexity index is 488. The van der Waals surface area contributed by atoms with Crippen molar-refractivity contribution >= 4 is 11.6 Å². The van der Waals surface area contributed by atoms with E-state index in [1.807, 2.05) is 18.2 Å². The van der Waals surface area contributed by atoms with E-state index >= 15 is 0 Å². The van der Waals surface area contributed by atoms with Gasteiger partial charge in [-0.25, -0.2) is 0 Å². The number of hydrogen-bond acceptors (Lipinski definition) is 3. The third-order valence-corrected chi connectivity index (χ3v) is 2.72. The van der Waals surface area contributed by atoms with Crippen LogP contribution in [0.3, 0.4) is 0 Å². The summed E-state index contributed by atoms with van der Waals surface area (Å²) in [6, 6.07) is 9.15. The molecule has 1 aromatic heterocycles. The minimum atomic E-state index is 0.115. The summed E-state index contributed by atoms with van der Waals surface area (Å²) in [6.45, 7) is 1.49. The highest BCUT2D eigenvalue weighted by Gasteiger charge is 1.99. The van der Waals surface area contributed by atoms with Crippen molar-refractivity contribution in [2.75, 3.05) is 0 Å². The number of aromatic hydroxyl groups is 1. The molecule has 88 valence electrons. The molecule has 0 aliphatic carbocycles. The fourth-order valence-electron chi connectivity index (χ4n) is 1.51. The van der Waals surface area contributed by atoms with Crippen LogP contribution < -0.4 is 5.32 Å². The minimum Gasteiger partial charge on any atom is -0.506 e. The van der Waals surface area contributed by atoms with E-state index < -0.39 is 0 Å². The van der Waals surface area contributed by atoms with Crippen LogP contribution in [0.4, 0.5) is 0 Å². The van der Waals surface area contributed by atoms with Gasteiger partial charge in [-0.15, -0.1) is 0 Å². The lowest BCUT2D eigenvalue weighted by molar-refractivity contribution is 0.475. The number of phenolic OH excluding ortho intramolecular Hbond substituents is 1. The topological polar surface area (TPSA) is 45.1 Å². The number of aromatic nitrogens is 1. The summed E-state index contributed by atoms with van der Waals surface area (Å²) in [6.07, 6.45) is 3.54. The van der Waals surface area contributed by atoms with Crippen LogP contribution in [0.2, 0.25) is 5.02 Å². The molecule has 3 nitrogen and oxygen atoms in total. The number of nitrogens with one attached hydrogen (secondary N) is 1. The Kier molecular flexibility index (Phi) is 3.96. The highest BCUT2D eigenvalue weighted by molar-refractivity contribution is 6.32. The number of hydrogen-bond donors (Lipinski definition) is 2. The van der Waals surface area contributed by atoms with Crippen LogP contribution in [0.25, 0.3) is 0 Å². The van der Waals surface area contributed by atoms with Gasteiger partial charge in [-0.3, -0.25) is 4.98 Å². The van der Waals surface area contributed by atoms with Gasteiger partial charge in [0.15, 0.2) is 0 Å². The zero-order valence-electron chi connectivity index (χ0n) is 9.23. The van der Waals surface area contributed by atoms with Gasteiger partial charge in [0.25, 0.3) is 0 Å². The zero-order chi connectivity index (χ0) is 12.1. The lowest BCUT2D eigenvalue weighted by atomic mass is 10.2. The molecule has 2 aromatic rings. The molecule has 0 fully saturated rings. The van der Waals surface area contributed by atoms with Crippen LogP contribution >= 0.6 is 11.6 Å². The first-order chi connectivity index (χ1) is 8.25. The van der Waals surface area contributed by atoms with E-state index in [1.165, 1.54) is 5.56 Å². The van der Waals surface area contributed by atoms with Crippen LogP contribution in [-0.2, 0) is 13.1 Å². The predicted molar refractivity (Wildman–Crippen MR) is 67.9 cm³/mol. The van der Waals surface area contributed by atoms with Crippen molar-refractivity contribution in [2.45, 2.75) is 13.1 Å². The van der Waals surface area contributed by atoms with Gasteiger partial charge in [0.2, 0.25) is 0 Å². The minimum absolute atomic E-state index is 0.115. The van der Waals surface area contributed by atoms with E-state index in [0.717, 1.165) is 12.1 Å². The molecule has 1 aromatic carbocycles. The van der Waals surface area contributed by atoms with Gasteiger partial charge in [-0.05, 0) is 35.4 Å². The Balaban J connectivity index is 1.88. The largest absolute Gasteiger partial charge is 0.506 e. The summed E-state index contributed by atoms with van der Waals surface area (Å²) in [5.41, 5.74) is 2.23. The molecule has 0 aliphatic heterocycles. The van der Waals surface area contributed by atoms with E-state index in [4.69, 9.17) is 11.6 Å². The normalized spacial score (nSPS) is 10.4. The first-order valence-corrected chi connectivity index (χ1v) is 5.70. The Hall–Kier alpha value is -1.58. The van der Waals surface area contributed by atoms with Crippen molar-refractivity contribution in [2.24, 2.45) is 0 Å². The molecule has 0 aliphatic rings. The molecule has 4 heteroatoms. The van der Waals surface area contributed by atoms with Crippen molar-refractivity contribution in [1.82, 2.24) is 10.3 Å². The van der Waals surface area contributed by atoms with Gasteiger partial charge in [0.05, 0.1) is 5.02 Å². The van der Waals surface area contributed by atoms with Crippen molar-refractivity contribution in [1.29, 1.82) is 0 Å². The Morgan fingerprint density at radius 2 is 1.76 bits per heavy atom. The van der Waals surface area contributed by atoms with Gasteiger partial charge in [0, 0.05) is 25.5 Å². The molecule has 0 unspecified atom stereocenters. The van der Waals surface area contributed by atoms with Crippen LogP contribution in [0, 0.1) is 0 Å². The number of nitrogens with zero attached hydrogens (tertiary/aromatic N) is 1. The summed E-state index contributed by atoms with van der Waals surface area (Å²) >= 11 is 5.82. The molecule has 0 radical (unpaired) electrons. The van der Waals surface area contributed by atoms with Gasteiger partial charge in [-0.2, -0.15) is 0 Å². The molecule has 17 heavy (non-hydrogen) atoms. The maximum Gasteiger partial charge on any atom is 0.134 e. The van der Waals surface area contributed by atoms with Crippen molar-refractivity contribution < 1.29 is 5.11 Å². The summed E-state index contributed by atoms with van der Waals surface area (Å²) in [5.74, 6) is 0.115. The molecular weight excluding hydrogens is 236 g/mol. The number of pyridine rings is 1. The second kappa shape index (κ2) is 5.66. The first kappa shape index (κ1) is 11.9. The number of phenols is 1. The van der Waals surface area contributed by atoms with Crippen LogP contribution in [-0.4, -0.2) is 10.1 Å². The summed E-state index contributed by atoms with van der Waals surface area (Å²) in [7, 11) is 0. The lowest BCUT2D eigenvalue weighted by Gasteiger charge is -2.06. The van der Waals surface area contributed by atoms with Gasteiger partial charge >= 0.3 is 0 Å². The van der Waals surface area contributed by atoms with Crippen LogP contribution in [0.5, 0.6) is 5.75 Å². The van der Waals surface area contributed by atoms with E-state index in [1.54, 1.807) is 24.5 Å². The molecule has 0 atom stereocenters. The van der Waals surface area contributed by atoms with E-state index in [0.29, 0.717) is 11.6 Å². The second-order valence-corrected chi connectivity index (χ2v) is 4.15. The molecule has 0 amide bonds. The van der Waals surface area contributed by atoms with Crippen molar-refractivity contribution in [3.05, 3.63) is 58.9 Å². The van der Waals surface area contributed by atoms with Crippen LogP contribution in [0.1, 0.15) is 11.1 Å². The summed E-state index contributed by atoms with van der Waals surface area (Å²) in [5, 5.41) is 13.0. The zero-order valence-corrected chi connectivity index (χ0v) is 9.98. The average molecular weight is 249 g/mol.